The summed E-state index contributed by atoms with van der Waals surface area (Å²) in [5.74, 6) is -0.0200. The van der Waals surface area contributed by atoms with Crippen molar-refractivity contribution in [2.75, 3.05) is 0 Å². The average molecular weight is 317 g/mol. The smallest absolute Gasteiger partial charge is 0.343 e. The van der Waals surface area contributed by atoms with Crippen LogP contribution in [0, 0.1) is 6.92 Å². The van der Waals surface area contributed by atoms with Gasteiger partial charge in [0.15, 0.2) is 0 Å². The molecule has 0 unspecified atom stereocenters. The number of hydrogen-bond acceptors (Lipinski definition) is 4. The van der Waals surface area contributed by atoms with Crippen molar-refractivity contribution in [3.8, 4) is 17.0 Å². The van der Waals surface area contributed by atoms with Crippen LogP contribution in [0.2, 0.25) is 0 Å². The SMILES string of the molecule is Cc1cccc(OC(=O)c2ccc(C=O)cc2)c1-c1ccccn1. The first-order valence-electron chi connectivity index (χ1n) is 7.47. The summed E-state index contributed by atoms with van der Waals surface area (Å²) in [7, 11) is 0. The zero-order chi connectivity index (χ0) is 16.9. The fraction of sp³-hybridized carbons (Fsp3) is 0.0500. The van der Waals surface area contributed by atoms with E-state index in [1.54, 1.807) is 36.5 Å². The molecule has 0 N–H and O–H groups in total. The molecule has 1 aromatic heterocycles. The van der Waals surface area contributed by atoms with Crippen LogP contribution in [0.25, 0.3) is 11.3 Å². The molecule has 2 aromatic carbocycles. The van der Waals surface area contributed by atoms with Crippen LogP contribution in [0.1, 0.15) is 26.3 Å². The number of rotatable bonds is 4. The van der Waals surface area contributed by atoms with Gasteiger partial charge in [0, 0.05) is 17.3 Å². The van der Waals surface area contributed by atoms with E-state index < -0.39 is 5.97 Å². The van der Waals surface area contributed by atoms with Gasteiger partial charge < -0.3 is 4.74 Å². The standard InChI is InChI=1S/C20H15NO3/c1-14-5-4-7-18(19(14)17-6-2-3-12-21-17)24-20(23)16-10-8-15(13-22)9-11-16/h2-13H,1H3. The average Bonchev–Trinajstić information content (AvgIpc) is 2.62. The van der Waals surface area contributed by atoms with E-state index in [-0.39, 0.29) is 0 Å². The van der Waals surface area contributed by atoms with Gasteiger partial charge in [-0.05, 0) is 42.8 Å². The molecule has 3 rings (SSSR count). The fourth-order valence-corrected chi connectivity index (χ4v) is 2.42. The molecular weight excluding hydrogens is 302 g/mol. The summed E-state index contributed by atoms with van der Waals surface area (Å²) in [4.78, 5) is 27.4. The molecule has 4 heteroatoms. The predicted molar refractivity (Wildman–Crippen MR) is 91.2 cm³/mol. The molecule has 0 bridgehead atoms. The second-order valence-corrected chi connectivity index (χ2v) is 5.29. The van der Waals surface area contributed by atoms with E-state index in [1.807, 2.05) is 37.3 Å². The number of ether oxygens (including phenoxy) is 1. The number of aldehydes is 1. The first-order chi connectivity index (χ1) is 11.7. The number of esters is 1. The lowest BCUT2D eigenvalue weighted by Gasteiger charge is -2.12. The van der Waals surface area contributed by atoms with E-state index in [4.69, 9.17) is 4.74 Å². The Morgan fingerprint density at radius 1 is 1.00 bits per heavy atom. The molecule has 0 spiro atoms. The van der Waals surface area contributed by atoms with Crippen molar-refractivity contribution in [3.05, 3.63) is 83.6 Å². The molecule has 0 saturated carbocycles. The quantitative estimate of drug-likeness (QED) is 0.413. The third-order valence-corrected chi connectivity index (χ3v) is 3.64. The molecule has 0 aliphatic carbocycles. The van der Waals surface area contributed by atoms with Crippen molar-refractivity contribution in [1.29, 1.82) is 0 Å². The summed E-state index contributed by atoms with van der Waals surface area (Å²) in [6, 6.07) is 17.4. The molecule has 0 atom stereocenters. The van der Waals surface area contributed by atoms with E-state index in [0.29, 0.717) is 16.9 Å². The van der Waals surface area contributed by atoms with Crippen molar-refractivity contribution in [3.63, 3.8) is 0 Å². The Kier molecular flexibility index (Phi) is 4.47. The van der Waals surface area contributed by atoms with Crippen molar-refractivity contribution in [2.24, 2.45) is 0 Å². The van der Waals surface area contributed by atoms with E-state index in [2.05, 4.69) is 4.98 Å². The minimum absolute atomic E-state index is 0.383. The molecule has 118 valence electrons. The van der Waals surface area contributed by atoms with Crippen molar-refractivity contribution >= 4 is 12.3 Å². The Morgan fingerprint density at radius 3 is 2.46 bits per heavy atom. The first-order valence-corrected chi connectivity index (χ1v) is 7.47. The van der Waals surface area contributed by atoms with E-state index in [0.717, 1.165) is 23.1 Å². The van der Waals surface area contributed by atoms with Crippen LogP contribution in [0.15, 0.2) is 66.9 Å². The second kappa shape index (κ2) is 6.87. The molecular formula is C20H15NO3. The molecule has 0 saturated heterocycles. The van der Waals surface area contributed by atoms with Crippen LogP contribution in [0.4, 0.5) is 0 Å². The molecule has 1 heterocycles. The summed E-state index contributed by atoms with van der Waals surface area (Å²) in [5, 5.41) is 0. The Balaban J connectivity index is 1.94. The Labute approximate surface area is 139 Å². The number of benzene rings is 2. The van der Waals surface area contributed by atoms with Crippen LogP contribution in [-0.2, 0) is 0 Å². The summed E-state index contributed by atoms with van der Waals surface area (Å²) in [6.45, 7) is 1.94. The van der Waals surface area contributed by atoms with Gasteiger partial charge in [0.05, 0.1) is 11.3 Å². The topological polar surface area (TPSA) is 56.3 Å². The zero-order valence-electron chi connectivity index (χ0n) is 13.1. The monoisotopic (exact) mass is 317 g/mol. The Bertz CT molecular complexity index is 871. The highest BCUT2D eigenvalue weighted by molar-refractivity contribution is 5.93. The number of aryl methyl sites for hydroxylation is 1. The van der Waals surface area contributed by atoms with Gasteiger partial charge in [0.1, 0.15) is 12.0 Å². The maximum Gasteiger partial charge on any atom is 0.343 e. The summed E-state index contributed by atoms with van der Waals surface area (Å²) in [6.07, 6.45) is 2.43. The lowest BCUT2D eigenvalue weighted by molar-refractivity contribution is 0.0735. The molecule has 0 aliphatic rings. The molecule has 24 heavy (non-hydrogen) atoms. The van der Waals surface area contributed by atoms with Gasteiger partial charge >= 0.3 is 5.97 Å². The lowest BCUT2D eigenvalue weighted by atomic mass is 10.0. The van der Waals surface area contributed by atoms with E-state index >= 15 is 0 Å². The van der Waals surface area contributed by atoms with Gasteiger partial charge in [-0.3, -0.25) is 9.78 Å². The lowest BCUT2D eigenvalue weighted by Crippen LogP contribution is -2.09. The third kappa shape index (κ3) is 3.22. The molecule has 3 aromatic rings. The number of carbonyl (C=O) groups is 2. The van der Waals surface area contributed by atoms with E-state index in [1.165, 1.54) is 0 Å². The summed E-state index contributed by atoms with van der Waals surface area (Å²) < 4.78 is 5.57. The number of aromatic nitrogens is 1. The number of carbonyl (C=O) groups excluding carboxylic acids is 2. The van der Waals surface area contributed by atoms with Crippen LogP contribution >= 0.6 is 0 Å². The van der Waals surface area contributed by atoms with Crippen LogP contribution in [0.3, 0.4) is 0 Å². The van der Waals surface area contributed by atoms with Gasteiger partial charge in [-0.2, -0.15) is 0 Å². The number of nitrogens with zero attached hydrogens (tertiary/aromatic N) is 1. The maximum absolute atomic E-state index is 12.4. The largest absolute Gasteiger partial charge is 0.422 e. The van der Waals surface area contributed by atoms with Gasteiger partial charge in [0.2, 0.25) is 0 Å². The van der Waals surface area contributed by atoms with Gasteiger partial charge in [-0.15, -0.1) is 0 Å². The normalized spacial score (nSPS) is 10.2. The minimum Gasteiger partial charge on any atom is -0.422 e. The minimum atomic E-state index is -0.477. The number of pyridine rings is 1. The van der Waals surface area contributed by atoms with Crippen molar-refractivity contribution in [1.82, 2.24) is 4.98 Å². The second-order valence-electron chi connectivity index (χ2n) is 5.29. The Hall–Kier alpha value is -3.27. The van der Waals surface area contributed by atoms with Crippen LogP contribution in [0.5, 0.6) is 5.75 Å². The van der Waals surface area contributed by atoms with Gasteiger partial charge in [-0.1, -0.05) is 30.3 Å². The highest BCUT2D eigenvalue weighted by atomic mass is 16.5. The molecule has 4 nitrogen and oxygen atoms in total. The van der Waals surface area contributed by atoms with Gasteiger partial charge in [-0.25, -0.2) is 4.79 Å². The van der Waals surface area contributed by atoms with Crippen molar-refractivity contribution in [2.45, 2.75) is 6.92 Å². The highest BCUT2D eigenvalue weighted by Gasteiger charge is 2.15. The molecule has 0 radical (unpaired) electrons. The first kappa shape index (κ1) is 15.6. The van der Waals surface area contributed by atoms with E-state index in [9.17, 15) is 9.59 Å². The van der Waals surface area contributed by atoms with Crippen LogP contribution in [-0.4, -0.2) is 17.2 Å². The van der Waals surface area contributed by atoms with Gasteiger partial charge in [0.25, 0.3) is 0 Å². The predicted octanol–water partition coefficient (Wildman–Crippen LogP) is 4.09. The Morgan fingerprint density at radius 2 is 1.79 bits per heavy atom. The highest BCUT2D eigenvalue weighted by Crippen LogP contribution is 2.32. The molecule has 0 aliphatic heterocycles. The molecule has 0 amide bonds. The number of hydrogen-bond donors (Lipinski definition) is 0. The maximum atomic E-state index is 12.4. The summed E-state index contributed by atoms with van der Waals surface area (Å²) >= 11 is 0. The zero-order valence-corrected chi connectivity index (χ0v) is 13.1. The molecule has 0 fully saturated rings. The van der Waals surface area contributed by atoms with Crippen molar-refractivity contribution < 1.29 is 14.3 Å². The van der Waals surface area contributed by atoms with Crippen LogP contribution < -0.4 is 4.74 Å². The fourth-order valence-electron chi connectivity index (χ4n) is 2.42. The third-order valence-electron chi connectivity index (χ3n) is 3.64. The summed E-state index contributed by atoms with van der Waals surface area (Å²) in [5.41, 5.74) is 3.39.